The third-order valence-electron chi connectivity index (χ3n) is 5.98. The van der Waals surface area contributed by atoms with E-state index >= 15 is 0 Å². The molecular weight excluding hydrogens is 300 g/mol. The normalized spacial score (nSPS) is 34.4. The Morgan fingerprint density at radius 3 is 2.71 bits per heavy atom. The average Bonchev–Trinajstić information content (AvgIpc) is 2.93. The van der Waals surface area contributed by atoms with Crippen LogP contribution in [0.1, 0.15) is 66.7 Å². The molecule has 136 valence electrons. The third kappa shape index (κ3) is 4.18. The van der Waals surface area contributed by atoms with Crippen LogP contribution in [0.25, 0.3) is 0 Å². The number of ketones is 1. The molecule has 2 aliphatic rings. The zero-order valence-electron chi connectivity index (χ0n) is 16.1. The highest BCUT2D eigenvalue weighted by Gasteiger charge is 2.52. The quantitative estimate of drug-likeness (QED) is 0.470. The molecule has 2 rings (SSSR count). The van der Waals surface area contributed by atoms with Gasteiger partial charge in [-0.1, -0.05) is 32.4 Å². The number of hydrogen-bond acceptors (Lipinski definition) is 3. The van der Waals surface area contributed by atoms with Crippen LogP contribution in [0, 0.1) is 11.8 Å². The first-order valence-corrected chi connectivity index (χ1v) is 9.39. The summed E-state index contributed by atoms with van der Waals surface area (Å²) in [4.78, 5) is 12.3. The van der Waals surface area contributed by atoms with Gasteiger partial charge in [0, 0.05) is 5.92 Å². The van der Waals surface area contributed by atoms with E-state index in [1.165, 1.54) is 0 Å². The summed E-state index contributed by atoms with van der Waals surface area (Å²) in [6.45, 7) is 15.0. The van der Waals surface area contributed by atoms with Gasteiger partial charge in [0.15, 0.2) is 5.78 Å². The van der Waals surface area contributed by atoms with Crippen molar-refractivity contribution in [3.05, 3.63) is 24.3 Å². The number of allylic oxidation sites excluding steroid dienone is 2. The van der Waals surface area contributed by atoms with Crippen molar-refractivity contribution in [1.29, 1.82) is 0 Å². The predicted molar refractivity (Wildman–Crippen MR) is 98.0 cm³/mol. The van der Waals surface area contributed by atoms with Crippen molar-refractivity contribution in [2.24, 2.45) is 11.8 Å². The lowest BCUT2D eigenvalue weighted by molar-refractivity contribution is -0.225. The molecule has 2 bridgehead atoms. The number of rotatable bonds is 8. The van der Waals surface area contributed by atoms with E-state index in [-0.39, 0.29) is 29.0 Å². The molecule has 0 N–H and O–H groups in total. The van der Waals surface area contributed by atoms with Crippen LogP contribution in [0.3, 0.4) is 0 Å². The van der Waals surface area contributed by atoms with E-state index in [2.05, 4.69) is 27.4 Å². The molecule has 4 atom stereocenters. The van der Waals surface area contributed by atoms with E-state index in [0.29, 0.717) is 12.5 Å². The Balaban J connectivity index is 1.83. The van der Waals surface area contributed by atoms with Gasteiger partial charge >= 0.3 is 0 Å². The monoisotopic (exact) mass is 334 g/mol. The summed E-state index contributed by atoms with van der Waals surface area (Å²) >= 11 is 0. The predicted octanol–water partition coefficient (Wildman–Crippen LogP) is 4.86. The van der Waals surface area contributed by atoms with Crippen LogP contribution >= 0.6 is 0 Å². The Morgan fingerprint density at radius 1 is 1.38 bits per heavy atom. The largest absolute Gasteiger partial charge is 0.369 e. The maximum absolute atomic E-state index is 12.3. The number of fused-ring (bicyclic) bond motifs is 2. The summed E-state index contributed by atoms with van der Waals surface area (Å²) in [6, 6.07) is 0. The summed E-state index contributed by atoms with van der Waals surface area (Å²) in [5, 5.41) is 0. The molecule has 0 saturated carbocycles. The molecule has 0 amide bonds. The van der Waals surface area contributed by atoms with Crippen LogP contribution in [-0.2, 0) is 14.3 Å². The molecule has 0 aromatic carbocycles. The molecule has 3 heteroatoms. The summed E-state index contributed by atoms with van der Waals surface area (Å²) < 4.78 is 12.4. The molecule has 24 heavy (non-hydrogen) atoms. The SMILES string of the molecule is C=C[C@@]12CC[C@@H](O1)[C@](C)(CCCC(C)C(=O)/C=C(\C)C(C)C)OC2. The van der Waals surface area contributed by atoms with E-state index in [1.54, 1.807) is 0 Å². The lowest BCUT2D eigenvalue weighted by atomic mass is 9.88. The highest BCUT2D eigenvalue weighted by Crippen LogP contribution is 2.45. The highest BCUT2D eigenvalue weighted by molar-refractivity contribution is 5.92. The first-order valence-electron chi connectivity index (χ1n) is 9.39. The lowest BCUT2D eigenvalue weighted by Crippen LogP contribution is -2.51. The number of carbonyl (C=O) groups is 1. The van der Waals surface area contributed by atoms with Gasteiger partial charge in [-0.25, -0.2) is 0 Å². The van der Waals surface area contributed by atoms with Crippen LogP contribution < -0.4 is 0 Å². The van der Waals surface area contributed by atoms with Crippen LogP contribution in [0.5, 0.6) is 0 Å². The summed E-state index contributed by atoms with van der Waals surface area (Å²) in [5.41, 5.74) is 0.678. The molecule has 0 radical (unpaired) electrons. The zero-order chi connectivity index (χ0) is 18.0. The van der Waals surface area contributed by atoms with Gasteiger partial charge in [0.05, 0.1) is 18.3 Å². The number of hydrogen-bond donors (Lipinski definition) is 0. The maximum Gasteiger partial charge on any atom is 0.158 e. The number of carbonyl (C=O) groups excluding carboxylic acids is 1. The minimum Gasteiger partial charge on any atom is -0.369 e. The van der Waals surface area contributed by atoms with Gasteiger partial charge in [0.1, 0.15) is 5.60 Å². The Labute approximate surface area is 147 Å². The highest BCUT2D eigenvalue weighted by atomic mass is 16.6. The van der Waals surface area contributed by atoms with Gasteiger partial charge in [-0.2, -0.15) is 0 Å². The van der Waals surface area contributed by atoms with Crippen molar-refractivity contribution in [2.75, 3.05) is 6.61 Å². The molecule has 3 nitrogen and oxygen atoms in total. The molecule has 0 spiro atoms. The fourth-order valence-corrected chi connectivity index (χ4v) is 3.57. The van der Waals surface area contributed by atoms with Crippen molar-refractivity contribution in [2.45, 2.75) is 84.0 Å². The topological polar surface area (TPSA) is 35.5 Å². The Morgan fingerprint density at radius 2 is 2.08 bits per heavy atom. The van der Waals surface area contributed by atoms with E-state index in [9.17, 15) is 4.79 Å². The smallest absolute Gasteiger partial charge is 0.158 e. The van der Waals surface area contributed by atoms with E-state index in [4.69, 9.17) is 9.47 Å². The van der Waals surface area contributed by atoms with Crippen LogP contribution in [0.4, 0.5) is 0 Å². The molecule has 2 aliphatic heterocycles. The standard InChI is InChI=1S/C21H34O3/c1-7-21-12-10-19(24-21)20(6,23-14-21)11-8-9-16(4)18(22)13-17(5)15(2)3/h7,13,15-16,19H,1,8-12,14H2,2-6H3/b17-13+/t16?,19-,20+,21+/m1/s1. The molecule has 0 aliphatic carbocycles. The maximum atomic E-state index is 12.3. The van der Waals surface area contributed by atoms with Crippen LogP contribution in [-0.4, -0.2) is 29.7 Å². The second kappa shape index (κ2) is 7.53. The molecule has 2 fully saturated rings. The molecular formula is C21H34O3. The fourth-order valence-electron chi connectivity index (χ4n) is 3.57. The summed E-state index contributed by atoms with van der Waals surface area (Å²) in [7, 11) is 0. The zero-order valence-corrected chi connectivity index (χ0v) is 16.1. The summed E-state index contributed by atoms with van der Waals surface area (Å²) in [5.74, 6) is 0.752. The Kier molecular flexibility index (Phi) is 6.09. The van der Waals surface area contributed by atoms with Crippen LogP contribution in [0.15, 0.2) is 24.3 Å². The van der Waals surface area contributed by atoms with Crippen LogP contribution in [0.2, 0.25) is 0 Å². The van der Waals surface area contributed by atoms with Crippen molar-refractivity contribution in [3.8, 4) is 0 Å². The minimum atomic E-state index is -0.257. The Hall–Kier alpha value is -0.930. The molecule has 1 unspecified atom stereocenters. The van der Waals surface area contributed by atoms with Gasteiger partial charge in [-0.3, -0.25) is 4.79 Å². The second-order valence-corrected chi connectivity index (χ2v) is 8.25. The fraction of sp³-hybridized carbons (Fsp3) is 0.762. The first kappa shape index (κ1) is 19.4. The third-order valence-corrected chi connectivity index (χ3v) is 5.98. The van der Waals surface area contributed by atoms with Crippen molar-refractivity contribution >= 4 is 5.78 Å². The Bertz CT molecular complexity index is 507. The van der Waals surface area contributed by atoms with Gasteiger partial charge < -0.3 is 9.47 Å². The molecule has 2 heterocycles. The van der Waals surface area contributed by atoms with Crippen molar-refractivity contribution < 1.29 is 14.3 Å². The number of ether oxygens (including phenoxy) is 2. The van der Waals surface area contributed by atoms with Gasteiger partial charge in [0.25, 0.3) is 0 Å². The molecule has 0 aromatic rings. The summed E-state index contributed by atoms with van der Waals surface area (Å²) in [6.07, 6.45) is 8.74. The average molecular weight is 335 g/mol. The van der Waals surface area contributed by atoms with E-state index in [0.717, 1.165) is 37.7 Å². The van der Waals surface area contributed by atoms with E-state index < -0.39 is 0 Å². The molecule has 2 saturated heterocycles. The lowest BCUT2D eigenvalue weighted by Gasteiger charge is -2.43. The minimum absolute atomic E-state index is 0.0719. The van der Waals surface area contributed by atoms with Crippen molar-refractivity contribution in [3.63, 3.8) is 0 Å². The van der Waals surface area contributed by atoms with Gasteiger partial charge in [-0.15, -0.1) is 6.58 Å². The first-order chi connectivity index (χ1) is 11.2. The van der Waals surface area contributed by atoms with Crippen molar-refractivity contribution in [1.82, 2.24) is 0 Å². The van der Waals surface area contributed by atoms with Gasteiger partial charge in [0.2, 0.25) is 0 Å². The molecule has 0 aromatic heterocycles. The van der Waals surface area contributed by atoms with Gasteiger partial charge in [-0.05, 0) is 57.9 Å². The second-order valence-electron chi connectivity index (χ2n) is 8.25. The van der Waals surface area contributed by atoms with E-state index in [1.807, 2.05) is 26.0 Å².